The molecule has 0 spiro atoms. The van der Waals surface area contributed by atoms with Gasteiger partial charge in [0.05, 0.1) is 0 Å². The molecule has 0 bridgehead atoms. The predicted molar refractivity (Wildman–Crippen MR) is 58.5 cm³/mol. The molecule has 18 heavy (non-hydrogen) atoms. The van der Waals surface area contributed by atoms with Crippen LogP contribution in [-0.4, -0.2) is 23.9 Å². The number of rotatable bonds is 5. The third-order valence-electron chi connectivity index (χ3n) is 2.42. The van der Waals surface area contributed by atoms with Crippen LogP contribution < -0.4 is 4.74 Å². The molecule has 0 radical (unpaired) electrons. The van der Waals surface area contributed by atoms with E-state index in [0.29, 0.717) is 0 Å². The number of aryl methyl sites for hydroxylation is 1. The molecule has 1 aromatic rings. The van der Waals surface area contributed by atoms with Gasteiger partial charge in [-0.2, -0.15) is 13.2 Å². The van der Waals surface area contributed by atoms with Crippen LogP contribution in [0.3, 0.4) is 0 Å². The smallest absolute Gasteiger partial charge is 0.405 e. The Morgan fingerprint density at radius 1 is 1.44 bits per heavy atom. The number of ether oxygens (including phenoxy) is 1. The monoisotopic (exact) mass is 262 g/mol. The number of carboxylic acid groups (broad SMARTS) is 1. The minimum atomic E-state index is -4.81. The average Bonchev–Trinajstić information content (AvgIpc) is 2.27. The van der Waals surface area contributed by atoms with E-state index in [1.165, 1.54) is 6.07 Å². The lowest BCUT2D eigenvalue weighted by Crippen LogP contribution is -2.35. The highest BCUT2D eigenvalue weighted by Crippen LogP contribution is 2.27. The molecule has 0 aliphatic carbocycles. The number of halogens is 3. The molecule has 1 aromatic carbocycles. The first kappa shape index (κ1) is 14.3. The molecule has 0 amide bonds. The van der Waals surface area contributed by atoms with Crippen LogP contribution in [0.15, 0.2) is 24.3 Å². The summed E-state index contributed by atoms with van der Waals surface area (Å²) in [6, 6.07) is 6.55. The number of alkyl halides is 3. The molecule has 0 heterocycles. The zero-order valence-corrected chi connectivity index (χ0v) is 9.70. The minimum Gasteiger partial charge on any atom is -0.492 e. The van der Waals surface area contributed by atoms with Crippen molar-refractivity contribution in [1.82, 2.24) is 0 Å². The Labute approximate surface area is 102 Å². The van der Waals surface area contributed by atoms with E-state index in [0.717, 1.165) is 12.0 Å². The molecule has 0 aliphatic rings. The van der Waals surface area contributed by atoms with Gasteiger partial charge >= 0.3 is 12.1 Å². The molecule has 6 heteroatoms. The quantitative estimate of drug-likeness (QED) is 0.887. The highest BCUT2D eigenvalue weighted by Gasteiger charge is 2.45. The van der Waals surface area contributed by atoms with Crippen molar-refractivity contribution >= 4 is 5.97 Å². The Kier molecular flexibility index (Phi) is 4.58. The molecule has 0 aliphatic heterocycles. The van der Waals surface area contributed by atoms with Crippen molar-refractivity contribution in [3.05, 3.63) is 29.8 Å². The Morgan fingerprint density at radius 2 is 2.11 bits per heavy atom. The third-order valence-corrected chi connectivity index (χ3v) is 2.42. The fraction of sp³-hybridized carbons (Fsp3) is 0.417. The lowest BCUT2D eigenvalue weighted by atomic mass is 10.1. The van der Waals surface area contributed by atoms with Gasteiger partial charge in [-0.1, -0.05) is 19.1 Å². The zero-order valence-electron chi connectivity index (χ0n) is 9.70. The summed E-state index contributed by atoms with van der Waals surface area (Å²) in [6.07, 6.45) is -4.09. The summed E-state index contributed by atoms with van der Waals surface area (Å²) in [7, 11) is 0. The molecule has 1 rings (SSSR count). The van der Waals surface area contributed by atoms with Crippen LogP contribution in [0.25, 0.3) is 0 Å². The number of carboxylic acids is 1. The summed E-state index contributed by atoms with van der Waals surface area (Å²) in [5.41, 5.74) is 0.909. The summed E-state index contributed by atoms with van der Waals surface area (Å²) >= 11 is 0. The van der Waals surface area contributed by atoms with E-state index in [9.17, 15) is 18.0 Å². The molecule has 0 aromatic heterocycles. The van der Waals surface area contributed by atoms with Crippen molar-refractivity contribution in [3.63, 3.8) is 0 Å². The fourth-order valence-electron chi connectivity index (χ4n) is 1.34. The van der Waals surface area contributed by atoms with Gasteiger partial charge in [0.25, 0.3) is 0 Å². The van der Waals surface area contributed by atoms with E-state index >= 15 is 0 Å². The molecule has 3 nitrogen and oxygen atoms in total. The summed E-state index contributed by atoms with van der Waals surface area (Å²) in [4.78, 5) is 10.5. The predicted octanol–water partition coefficient (Wildman–Crippen LogP) is 2.89. The van der Waals surface area contributed by atoms with Crippen molar-refractivity contribution in [2.24, 2.45) is 5.92 Å². The van der Waals surface area contributed by atoms with Crippen LogP contribution in [0.1, 0.15) is 12.5 Å². The van der Waals surface area contributed by atoms with Crippen LogP contribution in [0.5, 0.6) is 5.75 Å². The van der Waals surface area contributed by atoms with E-state index in [4.69, 9.17) is 9.84 Å². The fourth-order valence-corrected chi connectivity index (χ4v) is 1.34. The minimum absolute atomic E-state index is 0.241. The van der Waals surface area contributed by atoms with E-state index < -0.39 is 24.7 Å². The maximum Gasteiger partial charge on any atom is 0.405 e. The molecule has 0 fully saturated rings. The van der Waals surface area contributed by atoms with Crippen LogP contribution >= 0.6 is 0 Å². The summed E-state index contributed by atoms with van der Waals surface area (Å²) in [6.45, 7) is 0.973. The summed E-state index contributed by atoms with van der Waals surface area (Å²) < 4.78 is 42.0. The van der Waals surface area contributed by atoms with E-state index in [1.807, 2.05) is 13.0 Å². The molecule has 0 saturated heterocycles. The molecular formula is C12H13F3O3. The first-order valence-electron chi connectivity index (χ1n) is 5.36. The number of aliphatic carboxylic acids is 1. The Hall–Kier alpha value is -1.72. The van der Waals surface area contributed by atoms with Gasteiger partial charge in [-0.25, -0.2) is 0 Å². The Balaban J connectivity index is 2.70. The Bertz CT molecular complexity index is 415. The molecule has 1 unspecified atom stereocenters. The van der Waals surface area contributed by atoms with E-state index in [-0.39, 0.29) is 5.75 Å². The van der Waals surface area contributed by atoms with Gasteiger partial charge in [0.1, 0.15) is 12.4 Å². The zero-order chi connectivity index (χ0) is 13.8. The molecule has 1 atom stereocenters. The van der Waals surface area contributed by atoms with E-state index in [1.54, 1.807) is 12.1 Å². The highest BCUT2D eigenvalue weighted by atomic mass is 19.4. The molecular weight excluding hydrogens is 249 g/mol. The lowest BCUT2D eigenvalue weighted by molar-refractivity contribution is -0.198. The van der Waals surface area contributed by atoms with Gasteiger partial charge in [-0.15, -0.1) is 0 Å². The van der Waals surface area contributed by atoms with Crippen LogP contribution in [-0.2, 0) is 11.2 Å². The molecule has 1 N–H and O–H groups in total. The normalized spacial score (nSPS) is 13.1. The van der Waals surface area contributed by atoms with Crippen LogP contribution in [0, 0.1) is 5.92 Å². The van der Waals surface area contributed by atoms with Crippen molar-refractivity contribution in [1.29, 1.82) is 0 Å². The standard InChI is InChI=1S/C12H13F3O3/c1-2-8-4-3-5-9(6-8)18-7-10(11(16)17)12(13,14)15/h3-6,10H,2,7H2,1H3,(H,16,17). The summed E-state index contributed by atoms with van der Waals surface area (Å²) in [5.74, 6) is -4.21. The van der Waals surface area contributed by atoms with Gasteiger partial charge in [-0.05, 0) is 24.1 Å². The highest BCUT2D eigenvalue weighted by molar-refractivity contribution is 5.71. The van der Waals surface area contributed by atoms with Crippen molar-refractivity contribution < 1.29 is 27.8 Å². The van der Waals surface area contributed by atoms with Crippen molar-refractivity contribution in [3.8, 4) is 5.75 Å². The third kappa shape index (κ3) is 3.94. The van der Waals surface area contributed by atoms with Gasteiger partial charge in [0, 0.05) is 0 Å². The first-order chi connectivity index (χ1) is 8.34. The topological polar surface area (TPSA) is 46.5 Å². The largest absolute Gasteiger partial charge is 0.492 e. The van der Waals surface area contributed by atoms with Gasteiger partial charge in [0.15, 0.2) is 5.92 Å². The summed E-state index contributed by atoms with van der Waals surface area (Å²) in [5, 5.41) is 8.49. The maximum atomic E-state index is 12.4. The van der Waals surface area contributed by atoms with Gasteiger partial charge < -0.3 is 9.84 Å². The average molecular weight is 262 g/mol. The second-order valence-electron chi connectivity index (χ2n) is 3.74. The number of carbonyl (C=O) groups is 1. The first-order valence-corrected chi connectivity index (χ1v) is 5.36. The van der Waals surface area contributed by atoms with Gasteiger partial charge in [-0.3, -0.25) is 4.79 Å². The van der Waals surface area contributed by atoms with Gasteiger partial charge in [0.2, 0.25) is 0 Å². The SMILES string of the molecule is CCc1cccc(OCC(C(=O)O)C(F)(F)F)c1. The lowest BCUT2D eigenvalue weighted by Gasteiger charge is -2.16. The van der Waals surface area contributed by atoms with Crippen molar-refractivity contribution in [2.75, 3.05) is 6.61 Å². The number of benzene rings is 1. The Morgan fingerprint density at radius 3 is 2.61 bits per heavy atom. The second-order valence-corrected chi connectivity index (χ2v) is 3.74. The molecule has 100 valence electrons. The van der Waals surface area contributed by atoms with Crippen LogP contribution in [0.4, 0.5) is 13.2 Å². The second kappa shape index (κ2) is 5.75. The van der Waals surface area contributed by atoms with E-state index in [2.05, 4.69) is 0 Å². The number of hydrogen-bond donors (Lipinski definition) is 1. The van der Waals surface area contributed by atoms with Crippen molar-refractivity contribution in [2.45, 2.75) is 19.5 Å². The molecule has 0 saturated carbocycles. The van der Waals surface area contributed by atoms with Crippen LogP contribution in [0.2, 0.25) is 0 Å². The maximum absolute atomic E-state index is 12.4. The number of hydrogen-bond acceptors (Lipinski definition) is 2.